The van der Waals surface area contributed by atoms with E-state index in [1.54, 1.807) is 25.3 Å². The van der Waals surface area contributed by atoms with Crippen LogP contribution in [0, 0.1) is 6.92 Å². The molecule has 0 aliphatic carbocycles. The Morgan fingerprint density at radius 1 is 1.13 bits per heavy atom. The fourth-order valence-electron chi connectivity index (χ4n) is 2.01. The van der Waals surface area contributed by atoms with Crippen LogP contribution in [0.15, 0.2) is 36.4 Å². The lowest BCUT2D eigenvalue weighted by Crippen LogP contribution is -2.08. The third-order valence-electron chi connectivity index (χ3n) is 3.19. The van der Waals surface area contributed by atoms with Gasteiger partial charge in [-0.1, -0.05) is 35.3 Å². The maximum atomic E-state index is 12.5. The first-order valence-electron chi connectivity index (χ1n) is 7.00. The topological polar surface area (TPSA) is 35.5 Å². The van der Waals surface area contributed by atoms with Crippen molar-refractivity contribution in [3.63, 3.8) is 0 Å². The highest BCUT2D eigenvalue weighted by molar-refractivity contribution is 7.66. The van der Waals surface area contributed by atoms with E-state index in [0.29, 0.717) is 28.8 Å². The van der Waals surface area contributed by atoms with Crippen LogP contribution in [0.1, 0.15) is 15.9 Å². The van der Waals surface area contributed by atoms with Crippen LogP contribution in [0.25, 0.3) is 0 Å². The molecule has 0 aliphatic heterocycles. The van der Waals surface area contributed by atoms with Gasteiger partial charge in [0.05, 0.1) is 22.2 Å². The fourth-order valence-corrected chi connectivity index (χ4v) is 3.81. The highest BCUT2D eigenvalue weighted by Crippen LogP contribution is 2.31. The minimum absolute atomic E-state index is 0.0420. The van der Waals surface area contributed by atoms with E-state index in [1.807, 2.05) is 25.1 Å². The van der Waals surface area contributed by atoms with Gasteiger partial charge >= 0.3 is 0 Å². The molecule has 0 saturated carbocycles. The molecule has 0 aliphatic rings. The highest BCUT2D eigenvalue weighted by Gasteiger charge is 2.16. The van der Waals surface area contributed by atoms with Crippen molar-refractivity contribution < 1.29 is 14.3 Å². The van der Waals surface area contributed by atoms with E-state index in [1.165, 1.54) is 0 Å². The summed E-state index contributed by atoms with van der Waals surface area (Å²) in [5.74, 6) is 0.760. The Hall–Kier alpha value is -1.12. The van der Waals surface area contributed by atoms with E-state index in [2.05, 4.69) is 0 Å². The summed E-state index contributed by atoms with van der Waals surface area (Å²) in [6.07, 6.45) is 0. The Bertz CT molecular complexity index is 684. The molecule has 0 saturated heterocycles. The Morgan fingerprint density at radius 3 is 2.43 bits per heavy atom. The molecule has 0 bridgehead atoms. The molecule has 0 amide bonds. The average Bonchev–Trinajstić information content (AvgIpc) is 2.50. The minimum Gasteiger partial charge on any atom is -0.491 e. The van der Waals surface area contributed by atoms with Crippen LogP contribution >= 0.6 is 31.8 Å². The van der Waals surface area contributed by atoms with Gasteiger partial charge in [-0.3, -0.25) is 4.79 Å². The molecule has 0 N–H and O–H groups in total. The predicted octanol–water partition coefficient (Wildman–Crippen LogP) is 4.47. The van der Waals surface area contributed by atoms with Crippen LogP contribution in [0.2, 0.25) is 10.0 Å². The number of carbonyl (C=O) groups is 1. The van der Waals surface area contributed by atoms with Gasteiger partial charge in [0.25, 0.3) is 0 Å². The highest BCUT2D eigenvalue weighted by atomic mass is 35.5. The van der Waals surface area contributed by atoms with Crippen LogP contribution in [0.4, 0.5) is 0 Å². The second kappa shape index (κ2) is 8.65. The maximum absolute atomic E-state index is 12.5. The van der Waals surface area contributed by atoms with Crippen molar-refractivity contribution in [3.05, 3.63) is 57.6 Å². The predicted molar refractivity (Wildman–Crippen MR) is 97.3 cm³/mol. The van der Waals surface area contributed by atoms with Gasteiger partial charge in [0, 0.05) is 7.11 Å². The summed E-state index contributed by atoms with van der Waals surface area (Å²) in [7, 11) is 1.59. The summed E-state index contributed by atoms with van der Waals surface area (Å²) in [6.45, 7) is 2.98. The fraction of sp³-hybridized carbons (Fsp3) is 0.235. The zero-order valence-corrected chi connectivity index (χ0v) is 15.4. The summed E-state index contributed by atoms with van der Waals surface area (Å²) in [5, 5.41) is 1.71. The summed E-state index contributed by atoms with van der Waals surface area (Å²) in [4.78, 5) is 12.5. The van der Waals surface area contributed by atoms with Crippen molar-refractivity contribution in [1.82, 2.24) is 0 Å². The van der Waals surface area contributed by atoms with E-state index in [9.17, 15) is 4.79 Å². The van der Waals surface area contributed by atoms with Crippen LogP contribution in [0.5, 0.6) is 5.75 Å². The molecule has 0 fully saturated rings. The first-order chi connectivity index (χ1) is 11.0. The van der Waals surface area contributed by atoms with Gasteiger partial charge in [-0.25, -0.2) is 0 Å². The van der Waals surface area contributed by atoms with Crippen LogP contribution in [-0.2, 0) is 4.74 Å². The van der Waals surface area contributed by atoms with Gasteiger partial charge in [-0.2, -0.15) is 0 Å². The number of aryl methyl sites for hydroxylation is 1. The largest absolute Gasteiger partial charge is 0.491 e. The molecule has 0 heterocycles. The Morgan fingerprint density at radius 2 is 1.83 bits per heavy atom. The third-order valence-corrected chi connectivity index (χ3v) is 5.13. The van der Waals surface area contributed by atoms with Crippen molar-refractivity contribution in [2.24, 2.45) is 0 Å². The first-order valence-corrected chi connectivity index (χ1v) is 8.76. The second-order valence-corrected chi connectivity index (χ2v) is 6.93. The quantitative estimate of drug-likeness (QED) is 0.532. The molecule has 2 aromatic carbocycles. The smallest absolute Gasteiger partial charge is 0.188 e. The molecule has 2 aromatic rings. The van der Waals surface area contributed by atoms with Crippen molar-refractivity contribution in [3.8, 4) is 5.75 Å². The molecular weight excluding hydrogens is 354 g/mol. The number of halogens is 2. The van der Waals surface area contributed by atoms with Gasteiger partial charge in [0.15, 0.2) is 5.52 Å². The first kappa shape index (κ1) is 18.2. The third kappa shape index (κ3) is 4.92. The Kier molecular flexibility index (Phi) is 6.86. The number of carbonyl (C=O) groups excluding carboxylic acids is 1. The SMILES string of the molecule is COCCOc1ccc(PC(=O)c2c(Cl)cccc2Cl)c(C)c1. The normalized spacial score (nSPS) is 11.1. The van der Waals surface area contributed by atoms with Crippen LogP contribution in [-0.4, -0.2) is 25.8 Å². The van der Waals surface area contributed by atoms with E-state index in [-0.39, 0.29) is 14.1 Å². The molecule has 0 radical (unpaired) electrons. The molecule has 3 nitrogen and oxygen atoms in total. The summed E-state index contributed by atoms with van der Waals surface area (Å²) >= 11 is 12.2. The van der Waals surface area contributed by atoms with Gasteiger partial charge in [0.1, 0.15) is 12.4 Å². The van der Waals surface area contributed by atoms with Gasteiger partial charge in [-0.05, 0) is 50.6 Å². The minimum atomic E-state index is -0.0725. The van der Waals surface area contributed by atoms with Crippen LogP contribution < -0.4 is 10.0 Å². The molecule has 2 rings (SSSR count). The summed E-state index contributed by atoms with van der Waals surface area (Å²) in [6, 6.07) is 10.7. The van der Waals surface area contributed by atoms with Gasteiger partial charge in [0.2, 0.25) is 0 Å². The lowest BCUT2D eigenvalue weighted by atomic mass is 10.2. The number of ether oxygens (including phenoxy) is 2. The zero-order valence-electron chi connectivity index (χ0n) is 12.9. The summed E-state index contributed by atoms with van der Waals surface area (Å²) < 4.78 is 10.5. The maximum Gasteiger partial charge on any atom is 0.188 e. The molecule has 1 unspecified atom stereocenters. The van der Waals surface area contributed by atoms with Crippen molar-refractivity contribution in [1.29, 1.82) is 0 Å². The van der Waals surface area contributed by atoms with Gasteiger partial charge in [-0.15, -0.1) is 0 Å². The zero-order chi connectivity index (χ0) is 16.8. The Labute approximate surface area is 147 Å². The average molecular weight is 371 g/mol. The molecule has 0 aromatic heterocycles. The van der Waals surface area contributed by atoms with Gasteiger partial charge < -0.3 is 9.47 Å². The number of benzene rings is 2. The van der Waals surface area contributed by atoms with E-state index in [4.69, 9.17) is 32.7 Å². The molecule has 1 atom stereocenters. The lowest BCUT2D eigenvalue weighted by Gasteiger charge is -2.11. The standard InChI is InChI=1S/C17H17Cl2O3P/c1-11-10-12(22-9-8-21-2)6-7-15(11)23-17(20)16-13(18)4-3-5-14(16)19/h3-7,10,23H,8-9H2,1-2H3. The second-order valence-electron chi connectivity index (χ2n) is 4.87. The molecule has 23 heavy (non-hydrogen) atoms. The Balaban J connectivity index is 2.12. The molecule has 6 heteroatoms. The van der Waals surface area contributed by atoms with E-state index < -0.39 is 0 Å². The van der Waals surface area contributed by atoms with Crippen molar-refractivity contribution in [2.75, 3.05) is 20.3 Å². The van der Waals surface area contributed by atoms with E-state index in [0.717, 1.165) is 16.6 Å². The number of rotatable bonds is 7. The molecule has 0 spiro atoms. The van der Waals surface area contributed by atoms with Crippen molar-refractivity contribution in [2.45, 2.75) is 6.92 Å². The molecular formula is C17H17Cl2O3P. The lowest BCUT2D eigenvalue weighted by molar-refractivity contribution is 0.108. The number of methoxy groups -OCH3 is 1. The van der Waals surface area contributed by atoms with E-state index >= 15 is 0 Å². The number of hydrogen-bond donors (Lipinski definition) is 0. The monoisotopic (exact) mass is 370 g/mol. The van der Waals surface area contributed by atoms with Crippen LogP contribution in [0.3, 0.4) is 0 Å². The van der Waals surface area contributed by atoms with Crippen molar-refractivity contribution >= 4 is 42.6 Å². The molecule has 122 valence electrons. The number of hydrogen-bond acceptors (Lipinski definition) is 3. The summed E-state index contributed by atoms with van der Waals surface area (Å²) in [5.41, 5.74) is 1.31.